The summed E-state index contributed by atoms with van der Waals surface area (Å²) in [5.74, 6) is 0. The van der Waals surface area contributed by atoms with Crippen LogP contribution in [0.5, 0.6) is 0 Å². The second-order valence-corrected chi connectivity index (χ2v) is 21.2. The van der Waals surface area contributed by atoms with Gasteiger partial charge in [0.05, 0.1) is 106 Å². The lowest BCUT2D eigenvalue weighted by Gasteiger charge is -2.47. The fraction of sp³-hybridized carbons (Fsp3) is 0.0462. The zero-order valence-corrected chi connectivity index (χ0v) is 42.9. The maximum atomic E-state index is 5.76. The average Bonchev–Trinajstić information content (AvgIpc) is 4.21. The lowest BCUT2D eigenvalue weighted by atomic mass is 9.87. The Kier molecular flexibility index (Phi) is 9.79. The third kappa shape index (κ3) is 6.46. The summed E-state index contributed by atoms with van der Waals surface area (Å²) in [4.78, 5) is 26.2. The first kappa shape index (κ1) is 43.4. The molecule has 3 aliphatic heterocycles. The molecule has 0 saturated carbocycles. The molecule has 0 amide bonds. The minimum Gasteiger partial charge on any atom is -0.341 e. The molecule has 12 aromatic rings. The van der Waals surface area contributed by atoms with E-state index in [0.29, 0.717) is 0 Å². The van der Waals surface area contributed by atoms with Crippen molar-refractivity contribution in [3.63, 3.8) is 0 Å². The zero-order chi connectivity index (χ0) is 49.9. The van der Waals surface area contributed by atoms with Crippen molar-refractivity contribution in [2.24, 2.45) is 0 Å². The highest BCUT2D eigenvalue weighted by Crippen LogP contribution is 2.68. The topological polar surface area (TPSA) is 45.2 Å². The van der Waals surface area contributed by atoms with E-state index >= 15 is 0 Å². The van der Waals surface area contributed by atoms with Gasteiger partial charge < -0.3 is 29.4 Å². The highest BCUT2D eigenvalue weighted by molar-refractivity contribution is 7.22. The number of anilines is 15. The molecule has 10 heteroatoms. The Bertz CT molecular complexity index is 4050. The molecule has 5 heterocycles. The smallest absolute Gasteiger partial charge is 0.127 e. The zero-order valence-electron chi connectivity index (χ0n) is 41.3. The van der Waals surface area contributed by atoms with Crippen LogP contribution >= 0.6 is 22.7 Å². The van der Waals surface area contributed by atoms with E-state index in [0.717, 1.165) is 138 Å². The van der Waals surface area contributed by atoms with Crippen LogP contribution in [0.2, 0.25) is 0 Å². The number of fused-ring (bicyclic) bond motifs is 8. The van der Waals surface area contributed by atoms with Crippen LogP contribution in [0, 0.1) is 0 Å². The van der Waals surface area contributed by atoms with Crippen molar-refractivity contribution < 1.29 is 0 Å². The van der Waals surface area contributed by atoms with Gasteiger partial charge in [0.25, 0.3) is 0 Å². The number of para-hydroxylation sites is 14. The molecule has 358 valence electrons. The standard InChI is InChI=1S/C65H46N8S2/c1-68-44-27-9-15-33-50(44)71(51-34-16-10-28-45(51)68)61-58(41-23-5-4-6-24-41)59(64-66-42-25-7-21-39-56(42)74-64)60(65-67-43-26-8-22-40-57(43)75-65)62(72-52-35-17-11-29-46(52)69(2)47-30-12-18-36-53(47)72)63(61)73-54-37-19-13-31-48(54)70(3)49-32-14-20-38-55(49)73/h4-40H,1-3H3. The minimum atomic E-state index is 0.897. The second-order valence-electron chi connectivity index (χ2n) is 19.1. The van der Waals surface area contributed by atoms with Crippen molar-refractivity contribution in [3.8, 4) is 32.3 Å². The van der Waals surface area contributed by atoms with E-state index in [1.807, 2.05) is 0 Å². The van der Waals surface area contributed by atoms with E-state index in [9.17, 15) is 0 Å². The SMILES string of the molecule is CN1c2ccccc2N(c2c(-c3ccccc3)c(-c3nc4ccccc4s3)c(-c3nc4ccccc4s3)c(N3c4ccccc4N(C)c4ccccc43)c2N2c3ccccc3N(C)c3ccccc32)c2ccccc21. The number of rotatable bonds is 6. The van der Waals surface area contributed by atoms with E-state index in [1.165, 1.54) is 0 Å². The third-order valence-corrected chi connectivity index (χ3v) is 17.2. The Balaban J connectivity index is 1.27. The molecule has 0 spiro atoms. The molecular formula is C65H46N8S2. The summed E-state index contributed by atoms with van der Waals surface area (Å²) in [6.07, 6.45) is 0. The predicted molar refractivity (Wildman–Crippen MR) is 317 cm³/mol. The van der Waals surface area contributed by atoms with E-state index in [2.05, 4.69) is 275 Å². The molecule has 0 N–H and O–H groups in total. The maximum absolute atomic E-state index is 5.76. The molecule has 3 aliphatic rings. The van der Waals surface area contributed by atoms with Gasteiger partial charge in [0, 0.05) is 37.8 Å². The number of thiazole rings is 2. The quantitative estimate of drug-likeness (QED) is 0.163. The van der Waals surface area contributed by atoms with E-state index in [1.54, 1.807) is 22.7 Å². The molecule has 15 rings (SSSR count). The van der Waals surface area contributed by atoms with Gasteiger partial charge in [-0.05, 0) is 103 Å². The summed E-state index contributed by atoms with van der Waals surface area (Å²) in [5, 5.41) is 1.80. The lowest BCUT2D eigenvalue weighted by Crippen LogP contribution is -2.31. The van der Waals surface area contributed by atoms with Crippen molar-refractivity contribution in [3.05, 3.63) is 224 Å². The lowest BCUT2D eigenvalue weighted by molar-refractivity contribution is 1.09. The molecular weight excluding hydrogens is 957 g/mol. The van der Waals surface area contributed by atoms with Crippen molar-refractivity contribution >= 4 is 128 Å². The van der Waals surface area contributed by atoms with Crippen LogP contribution in [-0.2, 0) is 0 Å². The normalized spacial score (nSPS) is 13.4. The molecule has 10 aromatic carbocycles. The average molecular weight is 1000 g/mol. The molecule has 8 nitrogen and oxygen atoms in total. The van der Waals surface area contributed by atoms with Crippen molar-refractivity contribution in [1.29, 1.82) is 0 Å². The fourth-order valence-electron chi connectivity index (χ4n) is 11.7. The number of aromatic nitrogens is 2. The van der Waals surface area contributed by atoms with Crippen LogP contribution in [-0.4, -0.2) is 31.1 Å². The monoisotopic (exact) mass is 1000 g/mol. The van der Waals surface area contributed by atoms with Gasteiger partial charge in [-0.2, -0.15) is 0 Å². The summed E-state index contributed by atoms with van der Waals surface area (Å²) < 4.78 is 2.22. The Hall–Kier alpha value is -9.22. The number of hydrogen-bond donors (Lipinski definition) is 0. The van der Waals surface area contributed by atoms with Gasteiger partial charge in [-0.1, -0.05) is 127 Å². The molecule has 0 aliphatic carbocycles. The van der Waals surface area contributed by atoms with Gasteiger partial charge >= 0.3 is 0 Å². The minimum absolute atomic E-state index is 0.897. The molecule has 75 heavy (non-hydrogen) atoms. The summed E-state index contributed by atoms with van der Waals surface area (Å²) >= 11 is 3.48. The first-order valence-corrected chi connectivity index (χ1v) is 26.8. The third-order valence-electron chi connectivity index (χ3n) is 15.1. The van der Waals surface area contributed by atoms with Crippen LogP contribution in [0.15, 0.2) is 224 Å². The van der Waals surface area contributed by atoms with E-state index in [4.69, 9.17) is 9.97 Å². The van der Waals surface area contributed by atoms with Crippen molar-refractivity contribution in [2.45, 2.75) is 0 Å². The Morgan fingerprint density at radius 2 is 0.547 bits per heavy atom. The van der Waals surface area contributed by atoms with Gasteiger partial charge in [-0.3, -0.25) is 0 Å². The fourth-order valence-corrected chi connectivity index (χ4v) is 13.8. The largest absolute Gasteiger partial charge is 0.341 e. The molecule has 2 aromatic heterocycles. The van der Waals surface area contributed by atoms with Crippen LogP contribution in [0.3, 0.4) is 0 Å². The Morgan fingerprint density at radius 3 is 0.907 bits per heavy atom. The Labute approximate surface area is 443 Å². The molecule has 0 fully saturated rings. The van der Waals surface area contributed by atoms with Crippen LogP contribution in [0.1, 0.15) is 0 Å². The molecule has 0 radical (unpaired) electrons. The molecule has 0 unspecified atom stereocenters. The van der Waals surface area contributed by atoms with Crippen molar-refractivity contribution in [2.75, 3.05) is 50.5 Å². The van der Waals surface area contributed by atoms with Crippen LogP contribution in [0.25, 0.3) is 52.7 Å². The van der Waals surface area contributed by atoms with Crippen LogP contribution in [0.4, 0.5) is 85.3 Å². The van der Waals surface area contributed by atoms with Gasteiger partial charge in [0.15, 0.2) is 0 Å². The van der Waals surface area contributed by atoms with Gasteiger partial charge in [0.1, 0.15) is 10.0 Å². The number of hydrogen-bond acceptors (Lipinski definition) is 10. The first-order chi connectivity index (χ1) is 37.0. The van der Waals surface area contributed by atoms with Gasteiger partial charge in [-0.15, -0.1) is 22.7 Å². The summed E-state index contributed by atoms with van der Waals surface area (Å²) in [5.41, 5.74) is 21.8. The molecule has 0 saturated heterocycles. The second kappa shape index (κ2) is 16.9. The predicted octanol–water partition coefficient (Wildman–Crippen LogP) is 18.6. The molecule has 0 atom stereocenters. The summed E-state index contributed by atoms with van der Waals surface area (Å²) in [6, 6.07) is 81.3. The summed E-state index contributed by atoms with van der Waals surface area (Å²) in [7, 11) is 6.56. The maximum Gasteiger partial charge on any atom is 0.127 e. The van der Waals surface area contributed by atoms with E-state index < -0.39 is 0 Å². The van der Waals surface area contributed by atoms with E-state index in [-0.39, 0.29) is 0 Å². The molecule has 0 bridgehead atoms. The van der Waals surface area contributed by atoms with Crippen molar-refractivity contribution in [1.82, 2.24) is 9.97 Å². The highest BCUT2D eigenvalue weighted by Gasteiger charge is 2.44. The number of benzene rings is 10. The Morgan fingerprint density at radius 1 is 0.267 bits per heavy atom. The number of nitrogens with zero attached hydrogens (tertiary/aromatic N) is 8. The van der Waals surface area contributed by atoms with Gasteiger partial charge in [-0.25, -0.2) is 9.97 Å². The highest BCUT2D eigenvalue weighted by atomic mass is 32.1. The van der Waals surface area contributed by atoms with Gasteiger partial charge in [0.2, 0.25) is 0 Å². The summed E-state index contributed by atoms with van der Waals surface area (Å²) in [6.45, 7) is 0. The first-order valence-electron chi connectivity index (χ1n) is 25.2. The van der Waals surface area contributed by atoms with Crippen LogP contribution < -0.4 is 29.4 Å².